The minimum Gasteiger partial charge on any atom is -0.493 e. The van der Waals surface area contributed by atoms with Crippen molar-refractivity contribution in [3.8, 4) is 22.8 Å². The van der Waals surface area contributed by atoms with Crippen LogP contribution in [-0.4, -0.2) is 63.3 Å². The van der Waals surface area contributed by atoms with Crippen LogP contribution in [0.2, 0.25) is 0 Å². The van der Waals surface area contributed by atoms with E-state index in [9.17, 15) is 17.2 Å². The molecular weight excluding hydrogens is 454 g/mol. The van der Waals surface area contributed by atoms with E-state index in [0.717, 1.165) is 22.0 Å². The third-order valence-corrected chi connectivity index (χ3v) is 7.32. The van der Waals surface area contributed by atoms with E-state index >= 15 is 0 Å². The molecule has 2 heterocycles. The molecule has 1 aliphatic heterocycles. The number of benzene rings is 2. The lowest BCUT2D eigenvalue weighted by molar-refractivity contribution is 0.355. The van der Waals surface area contributed by atoms with Crippen LogP contribution in [0.25, 0.3) is 11.3 Å². The molecule has 1 saturated heterocycles. The topological polar surface area (TPSA) is 84.9 Å². The van der Waals surface area contributed by atoms with Crippen molar-refractivity contribution in [2.75, 3.05) is 45.3 Å². The van der Waals surface area contributed by atoms with E-state index in [-0.39, 0.29) is 13.1 Å². The molecule has 8 nitrogen and oxygen atoms in total. The largest absolute Gasteiger partial charge is 0.493 e. The Kier molecular flexibility index (Phi) is 6.43. The Bertz CT molecular complexity index is 1250. The minimum absolute atomic E-state index is 0.109. The zero-order valence-corrected chi connectivity index (χ0v) is 18.8. The molecule has 0 unspecified atom stereocenters. The highest BCUT2D eigenvalue weighted by molar-refractivity contribution is 7.89. The Morgan fingerprint density at radius 1 is 0.848 bits per heavy atom. The summed E-state index contributed by atoms with van der Waals surface area (Å²) in [6, 6.07) is 11.5. The fourth-order valence-electron chi connectivity index (χ4n) is 3.61. The van der Waals surface area contributed by atoms with Gasteiger partial charge in [-0.15, -0.1) is 10.2 Å². The van der Waals surface area contributed by atoms with E-state index in [1.165, 1.54) is 0 Å². The summed E-state index contributed by atoms with van der Waals surface area (Å²) in [4.78, 5) is 1.23. The lowest BCUT2D eigenvalue weighted by atomic mass is 10.1. The average Bonchev–Trinajstić information content (AvgIpc) is 2.85. The first-order chi connectivity index (χ1) is 15.8. The number of halogens is 2. The van der Waals surface area contributed by atoms with E-state index in [4.69, 9.17) is 9.47 Å². The number of rotatable bonds is 6. The second-order valence-electron chi connectivity index (χ2n) is 7.31. The van der Waals surface area contributed by atoms with E-state index < -0.39 is 26.6 Å². The monoisotopic (exact) mass is 476 g/mol. The van der Waals surface area contributed by atoms with Crippen LogP contribution in [0.5, 0.6) is 11.5 Å². The number of anilines is 1. The van der Waals surface area contributed by atoms with Gasteiger partial charge < -0.3 is 14.4 Å². The van der Waals surface area contributed by atoms with Crippen molar-refractivity contribution in [1.82, 2.24) is 14.5 Å². The summed E-state index contributed by atoms with van der Waals surface area (Å²) < 4.78 is 64.7. The van der Waals surface area contributed by atoms with Crippen LogP contribution in [0.1, 0.15) is 0 Å². The molecule has 0 aliphatic carbocycles. The maximum Gasteiger partial charge on any atom is 0.246 e. The molecule has 0 bridgehead atoms. The maximum atomic E-state index is 14.0. The third kappa shape index (κ3) is 4.60. The molecule has 4 rings (SSSR count). The van der Waals surface area contributed by atoms with Crippen LogP contribution in [0.3, 0.4) is 0 Å². The van der Waals surface area contributed by atoms with Crippen molar-refractivity contribution < 1.29 is 26.7 Å². The van der Waals surface area contributed by atoms with Crippen LogP contribution in [0, 0.1) is 11.6 Å². The van der Waals surface area contributed by atoms with Gasteiger partial charge in [0.25, 0.3) is 0 Å². The Balaban J connectivity index is 1.46. The summed E-state index contributed by atoms with van der Waals surface area (Å²) in [5.41, 5.74) is 1.45. The molecule has 1 fully saturated rings. The summed E-state index contributed by atoms with van der Waals surface area (Å²) in [5.74, 6) is -0.00756. The van der Waals surface area contributed by atoms with E-state index in [1.807, 2.05) is 17.0 Å². The molecule has 33 heavy (non-hydrogen) atoms. The molecule has 0 N–H and O–H groups in total. The number of ether oxygens (including phenoxy) is 2. The second kappa shape index (κ2) is 9.28. The highest BCUT2D eigenvalue weighted by Gasteiger charge is 2.31. The number of piperazine rings is 1. The molecule has 0 atom stereocenters. The molecule has 0 radical (unpaired) electrons. The molecule has 174 valence electrons. The highest BCUT2D eigenvalue weighted by Crippen LogP contribution is 2.32. The minimum atomic E-state index is -4.14. The van der Waals surface area contributed by atoms with Crippen molar-refractivity contribution in [3.63, 3.8) is 0 Å². The van der Waals surface area contributed by atoms with E-state index in [1.54, 1.807) is 32.4 Å². The van der Waals surface area contributed by atoms with Gasteiger partial charge in [0.15, 0.2) is 17.3 Å². The summed E-state index contributed by atoms with van der Waals surface area (Å²) >= 11 is 0. The van der Waals surface area contributed by atoms with Crippen LogP contribution < -0.4 is 14.4 Å². The quantitative estimate of drug-likeness (QED) is 0.541. The molecule has 2 aromatic carbocycles. The van der Waals surface area contributed by atoms with Gasteiger partial charge in [-0.2, -0.15) is 4.31 Å². The Morgan fingerprint density at radius 3 is 2.21 bits per heavy atom. The smallest absolute Gasteiger partial charge is 0.246 e. The predicted molar refractivity (Wildman–Crippen MR) is 118 cm³/mol. The first-order valence-corrected chi connectivity index (χ1v) is 11.5. The van der Waals surface area contributed by atoms with Crippen molar-refractivity contribution in [1.29, 1.82) is 0 Å². The van der Waals surface area contributed by atoms with Gasteiger partial charge in [-0.05, 0) is 48.5 Å². The maximum absolute atomic E-state index is 14.0. The summed E-state index contributed by atoms with van der Waals surface area (Å²) in [6.45, 7) is 0.885. The Morgan fingerprint density at radius 2 is 1.58 bits per heavy atom. The molecule has 1 aromatic heterocycles. The van der Waals surface area contributed by atoms with Crippen molar-refractivity contribution in [2.24, 2.45) is 0 Å². The lowest BCUT2D eigenvalue weighted by Gasteiger charge is -2.34. The number of methoxy groups -OCH3 is 2. The summed E-state index contributed by atoms with van der Waals surface area (Å²) in [6.07, 6.45) is 0. The number of hydrogen-bond acceptors (Lipinski definition) is 7. The van der Waals surface area contributed by atoms with Gasteiger partial charge in [0.1, 0.15) is 16.5 Å². The first kappa shape index (κ1) is 22.9. The molecule has 0 spiro atoms. The number of aromatic nitrogens is 2. The van der Waals surface area contributed by atoms with Crippen LogP contribution in [0.15, 0.2) is 53.4 Å². The fraction of sp³-hybridized carbons (Fsp3) is 0.273. The van der Waals surface area contributed by atoms with E-state index in [2.05, 4.69) is 10.2 Å². The zero-order valence-electron chi connectivity index (χ0n) is 18.0. The fourth-order valence-corrected chi connectivity index (χ4v) is 5.11. The van der Waals surface area contributed by atoms with Crippen molar-refractivity contribution in [3.05, 3.63) is 60.2 Å². The predicted octanol–water partition coefficient (Wildman–Crippen LogP) is 2.95. The zero-order chi connectivity index (χ0) is 23.6. The first-order valence-electron chi connectivity index (χ1n) is 10.1. The van der Waals surface area contributed by atoms with Crippen molar-refractivity contribution in [2.45, 2.75) is 4.90 Å². The number of nitrogens with zero attached hydrogens (tertiary/aromatic N) is 4. The van der Waals surface area contributed by atoms with E-state index in [0.29, 0.717) is 42.2 Å². The van der Waals surface area contributed by atoms with Gasteiger partial charge in [0.05, 0.1) is 19.9 Å². The Hall–Kier alpha value is -3.31. The normalized spacial score (nSPS) is 14.8. The lowest BCUT2D eigenvalue weighted by Crippen LogP contribution is -2.49. The molecule has 11 heteroatoms. The van der Waals surface area contributed by atoms with Crippen LogP contribution in [0.4, 0.5) is 14.6 Å². The van der Waals surface area contributed by atoms with Gasteiger partial charge in [0.2, 0.25) is 10.0 Å². The summed E-state index contributed by atoms with van der Waals surface area (Å²) in [7, 11) is -1.03. The van der Waals surface area contributed by atoms with Gasteiger partial charge >= 0.3 is 0 Å². The number of sulfonamides is 1. The van der Waals surface area contributed by atoms with Crippen LogP contribution >= 0.6 is 0 Å². The average molecular weight is 477 g/mol. The molecule has 1 aliphatic rings. The highest BCUT2D eigenvalue weighted by atomic mass is 32.2. The molecular formula is C22H22F2N4O4S. The second-order valence-corrected chi connectivity index (χ2v) is 9.22. The van der Waals surface area contributed by atoms with Gasteiger partial charge in [0, 0.05) is 31.7 Å². The third-order valence-electron chi connectivity index (χ3n) is 5.40. The standard InChI is InChI=1S/C22H22F2N4O4S/c1-31-19-7-3-15(13-20(19)32-2)18-6-8-22(26-25-18)27-9-11-28(12-10-27)33(29,30)21-14-16(23)4-5-17(21)24/h3-8,13-14H,9-12H2,1-2H3. The van der Waals surface area contributed by atoms with Gasteiger partial charge in [-0.25, -0.2) is 17.2 Å². The number of hydrogen-bond donors (Lipinski definition) is 0. The summed E-state index contributed by atoms with van der Waals surface area (Å²) in [5, 5.41) is 8.55. The SMILES string of the molecule is COc1ccc(-c2ccc(N3CCN(S(=O)(=O)c4cc(F)ccc4F)CC3)nn2)cc1OC. The molecule has 0 saturated carbocycles. The Labute approximate surface area is 190 Å². The van der Waals surface area contributed by atoms with Crippen LogP contribution in [-0.2, 0) is 10.0 Å². The van der Waals surface area contributed by atoms with Gasteiger partial charge in [-0.1, -0.05) is 0 Å². The van der Waals surface area contributed by atoms with Gasteiger partial charge in [-0.3, -0.25) is 0 Å². The molecule has 0 amide bonds. The molecule has 3 aromatic rings. The van der Waals surface area contributed by atoms with Crippen molar-refractivity contribution >= 4 is 15.8 Å².